The molecule has 1 aromatic heterocycles. The minimum atomic E-state index is -5.00. The van der Waals surface area contributed by atoms with Crippen molar-refractivity contribution in [3.8, 4) is 5.75 Å². The number of para-hydroxylation sites is 1. The fourth-order valence-corrected chi connectivity index (χ4v) is 5.06. The van der Waals surface area contributed by atoms with E-state index in [9.17, 15) is 39.6 Å². The monoisotopic (exact) mass is 547 g/mol. The van der Waals surface area contributed by atoms with Gasteiger partial charge in [0, 0.05) is 5.56 Å². The summed E-state index contributed by atoms with van der Waals surface area (Å²) in [4.78, 5) is 15.6. The fourth-order valence-electron chi connectivity index (χ4n) is 3.58. The van der Waals surface area contributed by atoms with Gasteiger partial charge in [-0.1, -0.05) is 12.1 Å². The summed E-state index contributed by atoms with van der Waals surface area (Å²) in [6, 6.07) is 8.92. The number of carbonyl (C=O) groups is 1. The van der Waals surface area contributed by atoms with E-state index in [0.29, 0.717) is 6.07 Å². The van der Waals surface area contributed by atoms with E-state index in [2.05, 4.69) is 15.0 Å². The number of aromatic nitrogens is 1. The van der Waals surface area contributed by atoms with Crippen molar-refractivity contribution in [1.82, 2.24) is 4.98 Å². The Morgan fingerprint density at radius 1 is 1.00 bits per heavy atom. The quantitative estimate of drug-likeness (QED) is 0.353. The van der Waals surface area contributed by atoms with Crippen LogP contribution in [0.4, 0.5) is 43.5 Å². The fraction of sp³-hybridized carbons (Fsp3) is 0.182. The lowest BCUT2D eigenvalue weighted by Gasteiger charge is -2.26. The zero-order valence-electron chi connectivity index (χ0n) is 18.5. The number of sulfonamides is 1. The molecule has 1 N–H and O–H groups in total. The number of ether oxygens (including phenoxy) is 2. The lowest BCUT2D eigenvalue weighted by atomic mass is 10.1. The van der Waals surface area contributed by atoms with Crippen molar-refractivity contribution in [2.24, 2.45) is 0 Å². The molecule has 4 rings (SSSR count). The van der Waals surface area contributed by atoms with E-state index in [1.54, 1.807) is 0 Å². The van der Waals surface area contributed by atoms with E-state index in [0.717, 1.165) is 41.7 Å². The van der Waals surface area contributed by atoms with Crippen LogP contribution in [0.15, 0.2) is 59.5 Å². The molecule has 1 aliphatic rings. The molecule has 3 aromatic rings. The van der Waals surface area contributed by atoms with Crippen LogP contribution in [-0.2, 0) is 27.5 Å². The van der Waals surface area contributed by atoms with Crippen molar-refractivity contribution in [2.45, 2.75) is 24.0 Å². The number of pyridine rings is 1. The number of fused-ring (bicyclic) bond motifs is 2. The third kappa shape index (κ3) is 5.26. The molecule has 0 unspecified atom stereocenters. The molecule has 2 heterocycles. The van der Waals surface area contributed by atoms with Crippen molar-refractivity contribution in [3.05, 3.63) is 71.4 Å². The van der Waals surface area contributed by atoms with Gasteiger partial charge in [0.05, 0.1) is 35.5 Å². The van der Waals surface area contributed by atoms with Gasteiger partial charge in [0.15, 0.2) is 0 Å². The third-order valence-corrected chi connectivity index (χ3v) is 6.93. The van der Waals surface area contributed by atoms with E-state index in [1.165, 1.54) is 18.2 Å². The highest BCUT2D eigenvalue weighted by molar-refractivity contribution is 7.92. The number of nitrogens with one attached hydrogen (secondary N) is 1. The normalized spacial score (nSPS) is 13.6. The summed E-state index contributed by atoms with van der Waals surface area (Å²) in [6.45, 7) is -0.572. The highest BCUT2D eigenvalue weighted by atomic mass is 32.2. The highest BCUT2D eigenvalue weighted by Crippen LogP contribution is 2.42. The SMILES string of the molecule is COC(=O)c1cccc2c1N(S(=O)(=O)c1ccc(OC(F)(F)F)cc1)Cc1ccc(C(F)(F)F)nc1N2. The molecule has 0 amide bonds. The Labute approximate surface area is 205 Å². The molecule has 0 fully saturated rings. The number of anilines is 3. The van der Waals surface area contributed by atoms with E-state index in [-0.39, 0.29) is 28.3 Å². The summed E-state index contributed by atoms with van der Waals surface area (Å²) in [7, 11) is -3.55. The van der Waals surface area contributed by atoms with Crippen LogP contribution in [0.2, 0.25) is 0 Å². The van der Waals surface area contributed by atoms with Crippen molar-refractivity contribution in [1.29, 1.82) is 0 Å². The second-order valence-electron chi connectivity index (χ2n) is 7.55. The zero-order chi connectivity index (χ0) is 27.2. The second-order valence-corrected chi connectivity index (χ2v) is 9.41. The summed E-state index contributed by atoms with van der Waals surface area (Å²) in [5.41, 5.74) is -1.77. The summed E-state index contributed by atoms with van der Waals surface area (Å²) in [6.07, 6.45) is -9.79. The molecule has 0 saturated heterocycles. The number of alkyl halides is 6. The first kappa shape index (κ1) is 26.1. The van der Waals surface area contributed by atoms with Gasteiger partial charge >= 0.3 is 18.5 Å². The van der Waals surface area contributed by atoms with Crippen molar-refractivity contribution in [3.63, 3.8) is 0 Å². The van der Waals surface area contributed by atoms with Crippen LogP contribution in [0.5, 0.6) is 5.75 Å². The Kier molecular flexibility index (Phi) is 6.44. The van der Waals surface area contributed by atoms with Crippen molar-refractivity contribution < 1.29 is 49.0 Å². The Balaban J connectivity index is 1.88. The predicted molar refractivity (Wildman–Crippen MR) is 117 cm³/mol. The molecule has 0 aliphatic carbocycles. The van der Waals surface area contributed by atoms with Gasteiger partial charge in [0.25, 0.3) is 10.0 Å². The molecule has 37 heavy (non-hydrogen) atoms. The van der Waals surface area contributed by atoms with Crippen LogP contribution in [-0.4, -0.2) is 32.8 Å². The van der Waals surface area contributed by atoms with Crippen molar-refractivity contribution >= 4 is 33.2 Å². The van der Waals surface area contributed by atoms with Gasteiger partial charge in [-0.2, -0.15) is 13.2 Å². The lowest BCUT2D eigenvalue weighted by Crippen LogP contribution is -2.31. The molecule has 15 heteroatoms. The highest BCUT2D eigenvalue weighted by Gasteiger charge is 2.37. The lowest BCUT2D eigenvalue weighted by molar-refractivity contribution is -0.274. The summed E-state index contributed by atoms with van der Waals surface area (Å²) < 4.78 is 114. The van der Waals surface area contributed by atoms with Gasteiger partial charge in [-0.25, -0.2) is 18.2 Å². The molecule has 0 spiro atoms. The van der Waals surface area contributed by atoms with Crippen LogP contribution in [0, 0.1) is 0 Å². The Morgan fingerprint density at radius 2 is 1.68 bits per heavy atom. The third-order valence-electron chi connectivity index (χ3n) is 5.17. The number of halogens is 6. The number of hydrogen-bond acceptors (Lipinski definition) is 7. The average Bonchev–Trinajstić information content (AvgIpc) is 2.99. The summed E-state index contributed by atoms with van der Waals surface area (Å²) in [5.74, 6) is -1.92. The number of nitrogens with zero attached hydrogens (tertiary/aromatic N) is 2. The molecule has 2 aromatic carbocycles. The molecular weight excluding hydrogens is 532 g/mol. The number of hydrogen-bond donors (Lipinski definition) is 1. The van der Waals surface area contributed by atoms with Gasteiger partial charge < -0.3 is 14.8 Å². The van der Waals surface area contributed by atoms with E-state index in [4.69, 9.17) is 4.74 Å². The van der Waals surface area contributed by atoms with Crippen LogP contribution < -0.4 is 14.4 Å². The number of benzene rings is 2. The standard InChI is InChI=1S/C22H15F6N3O5S/c1-35-20(32)15-3-2-4-16-18(15)31(11-12-5-10-17(21(23,24)25)30-19(12)29-16)37(33,34)14-8-6-13(7-9-14)36-22(26,27)28/h2-10H,11H2,1H3,(H,29,30). The Bertz CT molecular complexity index is 1460. The number of esters is 1. The molecular formula is C22H15F6N3O5S. The largest absolute Gasteiger partial charge is 0.573 e. The van der Waals surface area contributed by atoms with Gasteiger partial charge in [-0.3, -0.25) is 4.31 Å². The first-order valence-electron chi connectivity index (χ1n) is 10.1. The Hall–Kier alpha value is -4.01. The smallest absolute Gasteiger partial charge is 0.465 e. The number of carbonyl (C=O) groups excluding carboxylic acids is 1. The molecule has 196 valence electrons. The molecule has 0 saturated carbocycles. The maximum Gasteiger partial charge on any atom is 0.573 e. The van der Waals surface area contributed by atoms with Gasteiger partial charge in [-0.15, -0.1) is 13.2 Å². The minimum Gasteiger partial charge on any atom is -0.465 e. The summed E-state index contributed by atoms with van der Waals surface area (Å²) >= 11 is 0. The van der Waals surface area contributed by atoms with Gasteiger partial charge in [0.1, 0.15) is 17.3 Å². The van der Waals surface area contributed by atoms with Crippen LogP contribution in [0.1, 0.15) is 21.6 Å². The molecule has 0 atom stereocenters. The molecule has 0 radical (unpaired) electrons. The predicted octanol–water partition coefficient (Wildman–Crippen LogP) is 5.24. The van der Waals surface area contributed by atoms with Crippen LogP contribution in [0.25, 0.3) is 0 Å². The summed E-state index contributed by atoms with van der Waals surface area (Å²) in [5, 5.41) is 2.65. The van der Waals surface area contributed by atoms with E-state index < -0.39 is 51.4 Å². The van der Waals surface area contributed by atoms with E-state index in [1.807, 2.05) is 0 Å². The maximum atomic E-state index is 13.7. The first-order valence-corrected chi connectivity index (χ1v) is 11.6. The first-order chi connectivity index (χ1) is 17.2. The maximum absolute atomic E-state index is 13.7. The molecule has 8 nitrogen and oxygen atoms in total. The van der Waals surface area contributed by atoms with Gasteiger partial charge in [-0.05, 0) is 42.5 Å². The zero-order valence-corrected chi connectivity index (χ0v) is 19.3. The minimum absolute atomic E-state index is 0.0283. The van der Waals surface area contributed by atoms with Gasteiger partial charge in [0.2, 0.25) is 0 Å². The molecule has 0 bridgehead atoms. The second kappa shape index (κ2) is 9.14. The van der Waals surface area contributed by atoms with Crippen LogP contribution >= 0.6 is 0 Å². The number of methoxy groups -OCH3 is 1. The van der Waals surface area contributed by atoms with E-state index >= 15 is 0 Å². The van der Waals surface area contributed by atoms with Crippen molar-refractivity contribution in [2.75, 3.05) is 16.7 Å². The average molecular weight is 547 g/mol. The topological polar surface area (TPSA) is 97.8 Å². The number of rotatable bonds is 4. The molecule has 1 aliphatic heterocycles. The Morgan fingerprint density at radius 3 is 2.27 bits per heavy atom. The van der Waals surface area contributed by atoms with Crippen LogP contribution in [0.3, 0.4) is 0 Å².